The van der Waals surface area contributed by atoms with E-state index in [1.165, 1.54) is 6.20 Å². The highest BCUT2D eigenvalue weighted by molar-refractivity contribution is 5.97. The van der Waals surface area contributed by atoms with Crippen LogP contribution in [0.5, 0.6) is 5.88 Å². The molecule has 1 rings (SSSR count). The fourth-order valence-corrected chi connectivity index (χ4v) is 0.896. The smallest absolute Gasteiger partial charge is 0.213 e. The summed E-state index contributed by atoms with van der Waals surface area (Å²) < 4.78 is 5.12. The standard InChI is InChI=1S/C9H12N2O2/c1-2-13-9-4-3-7(6-11-9)8(12)5-10/h3-4,6H,2,5,10H2,1H3. The van der Waals surface area contributed by atoms with E-state index < -0.39 is 0 Å². The lowest BCUT2D eigenvalue weighted by Crippen LogP contribution is -2.13. The summed E-state index contributed by atoms with van der Waals surface area (Å²) in [5, 5.41) is 0. The van der Waals surface area contributed by atoms with Crippen LogP contribution in [0.15, 0.2) is 18.3 Å². The first-order chi connectivity index (χ1) is 6.27. The van der Waals surface area contributed by atoms with Crippen molar-refractivity contribution in [2.75, 3.05) is 13.2 Å². The molecule has 1 heterocycles. The van der Waals surface area contributed by atoms with Gasteiger partial charge in [0.15, 0.2) is 5.78 Å². The Morgan fingerprint density at radius 2 is 2.38 bits per heavy atom. The summed E-state index contributed by atoms with van der Waals surface area (Å²) in [7, 11) is 0. The molecule has 1 aromatic rings. The van der Waals surface area contributed by atoms with Gasteiger partial charge in [0, 0.05) is 17.8 Å². The third kappa shape index (κ3) is 2.52. The Labute approximate surface area is 76.7 Å². The molecule has 0 saturated carbocycles. The average Bonchev–Trinajstić information content (AvgIpc) is 2.18. The Kier molecular flexibility index (Phi) is 3.40. The minimum absolute atomic E-state index is 0.00958. The van der Waals surface area contributed by atoms with Crippen LogP contribution in [0.1, 0.15) is 17.3 Å². The van der Waals surface area contributed by atoms with E-state index >= 15 is 0 Å². The topological polar surface area (TPSA) is 65.2 Å². The van der Waals surface area contributed by atoms with Crippen LogP contribution in [-0.4, -0.2) is 23.9 Å². The SMILES string of the molecule is CCOc1ccc(C(=O)CN)cn1. The number of Topliss-reactive ketones (excluding diaryl/α,β-unsaturated/α-hetero) is 1. The van der Waals surface area contributed by atoms with Crippen molar-refractivity contribution in [2.45, 2.75) is 6.92 Å². The third-order valence-electron chi connectivity index (χ3n) is 1.54. The number of nitrogens with two attached hydrogens (primary N) is 1. The van der Waals surface area contributed by atoms with Gasteiger partial charge in [0.25, 0.3) is 0 Å². The largest absolute Gasteiger partial charge is 0.478 e. The Bertz CT molecular complexity index is 282. The summed E-state index contributed by atoms with van der Waals surface area (Å²) in [4.78, 5) is 15.0. The van der Waals surface area contributed by atoms with Gasteiger partial charge in [-0.25, -0.2) is 4.98 Å². The van der Waals surface area contributed by atoms with Gasteiger partial charge in [0.1, 0.15) is 0 Å². The van der Waals surface area contributed by atoms with Crippen molar-refractivity contribution < 1.29 is 9.53 Å². The molecule has 2 N–H and O–H groups in total. The van der Waals surface area contributed by atoms with Crippen LogP contribution in [0.3, 0.4) is 0 Å². The number of nitrogens with zero attached hydrogens (tertiary/aromatic N) is 1. The number of rotatable bonds is 4. The molecule has 0 aromatic carbocycles. The fourth-order valence-electron chi connectivity index (χ4n) is 0.896. The molecule has 4 heteroatoms. The second-order valence-electron chi connectivity index (χ2n) is 2.45. The van der Waals surface area contributed by atoms with Crippen molar-refractivity contribution in [3.05, 3.63) is 23.9 Å². The van der Waals surface area contributed by atoms with E-state index in [9.17, 15) is 4.79 Å². The van der Waals surface area contributed by atoms with E-state index in [1.807, 2.05) is 6.92 Å². The van der Waals surface area contributed by atoms with Crippen LogP contribution in [0.4, 0.5) is 0 Å². The maximum absolute atomic E-state index is 11.1. The van der Waals surface area contributed by atoms with Crippen molar-refractivity contribution in [2.24, 2.45) is 5.73 Å². The van der Waals surface area contributed by atoms with Crippen molar-refractivity contribution in [3.63, 3.8) is 0 Å². The molecule has 0 saturated heterocycles. The van der Waals surface area contributed by atoms with Crippen LogP contribution in [-0.2, 0) is 0 Å². The Balaban J connectivity index is 2.75. The minimum atomic E-state index is -0.115. The zero-order valence-corrected chi connectivity index (χ0v) is 7.49. The molecule has 0 fully saturated rings. The van der Waals surface area contributed by atoms with Crippen LogP contribution >= 0.6 is 0 Å². The molecule has 70 valence electrons. The van der Waals surface area contributed by atoms with Crippen molar-refractivity contribution in [3.8, 4) is 5.88 Å². The predicted molar refractivity (Wildman–Crippen MR) is 48.8 cm³/mol. The van der Waals surface area contributed by atoms with E-state index in [4.69, 9.17) is 10.5 Å². The number of ether oxygens (including phenoxy) is 1. The van der Waals surface area contributed by atoms with E-state index in [2.05, 4.69) is 4.98 Å². The third-order valence-corrected chi connectivity index (χ3v) is 1.54. The normalized spacial score (nSPS) is 9.69. The lowest BCUT2D eigenvalue weighted by atomic mass is 10.2. The van der Waals surface area contributed by atoms with Gasteiger partial charge in [-0.05, 0) is 13.0 Å². The zero-order chi connectivity index (χ0) is 9.68. The number of ketones is 1. The summed E-state index contributed by atoms with van der Waals surface area (Å²) in [5.41, 5.74) is 5.71. The van der Waals surface area contributed by atoms with Gasteiger partial charge in [0.2, 0.25) is 5.88 Å². The lowest BCUT2D eigenvalue weighted by molar-refractivity contribution is 0.100. The summed E-state index contributed by atoms with van der Waals surface area (Å²) in [6.07, 6.45) is 1.47. The molecule has 0 amide bonds. The number of hydrogen-bond acceptors (Lipinski definition) is 4. The number of aromatic nitrogens is 1. The quantitative estimate of drug-likeness (QED) is 0.690. The molecule has 0 unspecified atom stereocenters. The molecule has 0 aliphatic carbocycles. The Hall–Kier alpha value is -1.42. The molecule has 0 atom stereocenters. The van der Waals surface area contributed by atoms with Gasteiger partial charge in [-0.3, -0.25) is 4.79 Å². The molecule has 0 radical (unpaired) electrons. The number of hydrogen-bond donors (Lipinski definition) is 1. The summed E-state index contributed by atoms with van der Waals surface area (Å²) in [6.45, 7) is 2.45. The molecule has 0 bridgehead atoms. The number of carbonyl (C=O) groups excluding carboxylic acids is 1. The van der Waals surface area contributed by atoms with Crippen LogP contribution in [0.25, 0.3) is 0 Å². The van der Waals surface area contributed by atoms with Crippen molar-refractivity contribution >= 4 is 5.78 Å². The number of carbonyl (C=O) groups is 1. The molecular weight excluding hydrogens is 168 g/mol. The highest BCUT2D eigenvalue weighted by atomic mass is 16.5. The molecule has 0 aliphatic heterocycles. The maximum Gasteiger partial charge on any atom is 0.213 e. The van der Waals surface area contributed by atoms with Gasteiger partial charge in [0.05, 0.1) is 13.2 Å². The Morgan fingerprint density at radius 1 is 1.62 bits per heavy atom. The monoisotopic (exact) mass is 180 g/mol. The maximum atomic E-state index is 11.1. The van der Waals surface area contributed by atoms with E-state index in [-0.39, 0.29) is 12.3 Å². The number of pyridine rings is 1. The first kappa shape index (κ1) is 9.67. The zero-order valence-electron chi connectivity index (χ0n) is 7.49. The fraction of sp³-hybridized carbons (Fsp3) is 0.333. The second kappa shape index (κ2) is 4.57. The first-order valence-corrected chi connectivity index (χ1v) is 4.10. The molecular formula is C9H12N2O2. The van der Waals surface area contributed by atoms with Crippen molar-refractivity contribution in [1.82, 2.24) is 4.98 Å². The minimum Gasteiger partial charge on any atom is -0.478 e. The molecule has 4 nitrogen and oxygen atoms in total. The predicted octanol–water partition coefficient (Wildman–Crippen LogP) is 0.622. The van der Waals surface area contributed by atoms with Gasteiger partial charge in [-0.2, -0.15) is 0 Å². The lowest BCUT2D eigenvalue weighted by Gasteiger charge is -2.01. The van der Waals surface area contributed by atoms with Crippen LogP contribution in [0.2, 0.25) is 0 Å². The molecule has 0 aliphatic rings. The van der Waals surface area contributed by atoms with Gasteiger partial charge >= 0.3 is 0 Å². The Morgan fingerprint density at radius 3 is 2.85 bits per heavy atom. The highest BCUT2D eigenvalue weighted by Crippen LogP contribution is 2.07. The van der Waals surface area contributed by atoms with Gasteiger partial charge in [-0.15, -0.1) is 0 Å². The van der Waals surface area contributed by atoms with Gasteiger partial charge < -0.3 is 10.5 Å². The van der Waals surface area contributed by atoms with Crippen molar-refractivity contribution in [1.29, 1.82) is 0 Å². The summed E-state index contributed by atoms with van der Waals surface area (Å²) >= 11 is 0. The van der Waals surface area contributed by atoms with E-state index in [1.54, 1.807) is 12.1 Å². The van der Waals surface area contributed by atoms with Gasteiger partial charge in [-0.1, -0.05) is 0 Å². The molecule has 13 heavy (non-hydrogen) atoms. The summed E-state index contributed by atoms with van der Waals surface area (Å²) in [5.74, 6) is 0.409. The molecule has 1 aromatic heterocycles. The van der Waals surface area contributed by atoms with Crippen LogP contribution in [0, 0.1) is 0 Å². The van der Waals surface area contributed by atoms with E-state index in [0.717, 1.165) is 0 Å². The highest BCUT2D eigenvalue weighted by Gasteiger charge is 2.03. The molecule has 0 spiro atoms. The first-order valence-electron chi connectivity index (χ1n) is 4.10. The van der Waals surface area contributed by atoms with Crippen LogP contribution < -0.4 is 10.5 Å². The average molecular weight is 180 g/mol. The summed E-state index contributed by atoms with van der Waals surface area (Å²) in [6, 6.07) is 3.32. The van der Waals surface area contributed by atoms with E-state index in [0.29, 0.717) is 18.1 Å². The second-order valence-corrected chi connectivity index (χ2v) is 2.45.